The lowest BCUT2D eigenvalue weighted by Crippen LogP contribution is -2.20. The van der Waals surface area contributed by atoms with Gasteiger partial charge in [-0.3, -0.25) is 4.79 Å². The molecular formula is C15H12BrCl2NO2. The third kappa shape index (κ3) is 4.63. The molecule has 2 aromatic rings. The van der Waals surface area contributed by atoms with E-state index in [0.29, 0.717) is 21.5 Å². The van der Waals surface area contributed by atoms with E-state index in [4.69, 9.17) is 27.9 Å². The lowest BCUT2D eigenvalue weighted by Gasteiger charge is -2.10. The van der Waals surface area contributed by atoms with E-state index in [1.165, 1.54) is 0 Å². The number of aryl methyl sites for hydroxylation is 1. The average Bonchev–Trinajstić information content (AvgIpc) is 2.41. The van der Waals surface area contributed by atoms with Crippen LogP contribution in [-0.2, 0) is 4.79 Å². The van der Waals surface area contributed by atoms with E-state index in [-0.39, 0.29) is 12.5 Å². The summed E-state index contributed by atoms with van der Waals surface area (Å²) in [5.74, 6) is 0.143. The van der Waals surface area contributed by atoms with Gasteiger partial charge >= 0.3 is 0 Å². The van der Waals surface area contributed by atoms with Crippen LogP contribution in [0.25, 0.3) is 0 Å². The summed E-state index contributed by atoms with van der Waals surface area (Å²) in [5, 5.41) is 3.62. The molecule has 0 saturated carbocycles. The molecular weight excluding hydrogens is 377 g/mol. The minimum Gasteiger partial charge on any atom is -0.482 e. The Balaban J connectivity index is 1.96. The maximum atomic E-state index is 11.9. The maximum absolute atomic E-state index is 11.9. The zero-order chi connectivity index (χ0) is 15.4. The second-order valence-corrected chi connectivity index (χ2v) is 6.12. The molecule has 0 unspecified atom stereocenters. The number of halogens is 3. The van der Waals surface area contributed by atoms with Gasteiger partial charge in [0.2, 0.25) is 0 Å². The van der Waals surface area contributed by atoms with Gasteiger partial charge in [-0.15, -0.1) is 0 Å². The van der Waals surface area contributed by atoms with Crippen LogP contribution in [0.2, 0.25) is 10.0 Å². The predicted molar refractivity (Wildman–Crippen MR) is 89.5 cm³/mol. The van der Waals surface area contributed by atoms with Crippen molar-refractivity contribution in [3.8, 4) is 5.75 Å². The minimum absolute atomic E-state index is 0.147. The normalized spacial score (nSPS) is 10.3. The van der Waals surface area contributed by atoms with E-state index in [1.807, 2.05) is 13.0 Å². The Morgan fingerprint density at radius 1 is 1.19 bits per heavy atom. The monoisotopic (exact) mass is 387 g/mol. The van der Waals surface area contributed by atoms with Crippen LogP contribution in [0.5, 0.6) is 5.75 Å². The molecule has 2 aromatic carbocycles. The molecule has 2 rings (SSSR count). The van der Waals surface area contributed by atoms with Gasteiger partial charge in [0.25, 0.3) is 5.91 Å². The summed E-state index contributed by atoms with van der Waals surface area (Å²) in [6.45, 7) is 1.78. The highest BCUT2D eigenvalue weighted by Gasteiger charge is 2.08. The van der Waals surface area contributed by atoms with Gasteiger partial charge in [-0.2, -0.15) is 0 Å². The van der Waals surface area contributed by atoms with Crippen LogP contribution in [0.4, 0.5) is 5.69 Å². The first kappa shape index (κ1) is 16.1. The van der Waals surface area contributed by atoms with E-state index in [2.05, 4.69) is 21.2 Å². The highest BCUT2D eigenvalue weighted by atomic mass is 79.9. The SMILES string of the molecule is Cc1ccc(NC(=O)COc2ccc(Br)cc2Cl)c(Cl)c1. The number of carbonyl (C=O) groups excluding carboxylic acids is 1. The molecule has 0 heterocycles. The Labute approximate surface area is 141 Å². The van der Waals surface area contributed by atoms with Crippen LogP contribution in [-0.4, -0.2) is 12.5 Å². The van der Waals surface area contributed by atoms with Crippen molar-refractivity contribution in [2.24, 2.45) is 0 Å². The standard InChI is InChI=1S/C15H12BrCl2NO2/c1-9-2-4-13(11(17)6-9)19-15(20)8-21-14-5-3-10(16)7-12(14)18/h2-7H,8H2,1H3,(H,19,20). The van der Waals surface area contributed by atoms with Crippen LogP contribution < -0.4 is 10.1 Å². The van der Waals surface area contributed by atoms with E-state index in [0.717, 1.165) is 10.0 Å². The summed E-state index contributed by atoms with van der Waals surface area (Å²) in [5.41, 5.74) is 1.58. The van der Waals surface area contributed by atoms with Crippen LogP contribution in [0.1, 0.15) is 5.56 Å². The zero-order valence-electron chi connectivity index (χ0n) is 11.1. The minimum atomic E-state index is -0.306. The topological polar surface area (TPSA) is 38.3 Å². The van der Waals surface area contributed by atoms with Crippen molar-refractivity contribution in [1.29, 1.82) is 0 Å². The number of carbonyl (C=O) groups is 1. The largest absolute Gasteiger partial charge is 0.482 e. The Hall–Kier alpha value is -1.23. The smallest absolute Gasteiger partial charge is 0.262 e. The first-order valence-electron chi connectivity index (χ1n) is 6.09. The van der Waals surface area contributed by atoms with Crippen molar-refractivity contribution in [2.75, 3.05) is 11.9 Å². The van der Waals surface area contributed by atoms with Gasteiger partial charge in [0.1, 0.15) is 5.75 Å². The molecule has 0 radical (unpaired) electrons. The number of amides is 1. The second kappa shape index (κ2) is 7.16. The molecule has 0 fully saturated rings. The first-order valence-corrected chi connectivity index (χ1v) is 7.64. The van der Waals surface area contributed by atoms with Crippen molar-refractivity contribution >= 4 is 50.7 Å². The van der Waals surface area contributed by atoms with Crippen molar-refractivity contribution < 1.29 is 9.53 Å². The van der Waals surface area contributed by atoms with Crippen molar-refractivity contribution in [2.45, 2.75) is 6.92 Å². The first-order chi connectivity index (χ1) is 9.95. The summed E-state index contributed by atoms with van der Waals surface area (Å²) in [4.78, 5) is 11.9. The van der Waals surface area contributed by atoms with Crippen LogP contribution in [0, 0.1) is 6.92 Å². The van der Waals surface area contributed by atoms with Gasteiger partial charge in [0.05, 0.1) is 15.7 Å². The van der Waals surface area contributed by atoms with E-state index < -0.39 is 0 Å². The Morgan fingerprint density at radius 3 is 2.62 bits per heavy atom. The molecule has 0 aliphatic heterocycles. The zero-order valence-corrected chi connectivity index (χ0v) is 14.2. The Kier molecular flexibility index (Phi) is 5.51. The van der Waals surface area contributed by atoms with Crippen LogP contribution in [0.3, 0.4) is 0 Å². The summed E-state index contributed by atoms with van der Waals surface area (Å²) in [6.07, 6.45) is 0. The summed E-state index contributed by atoms with van der Waals surface area (Å²) in [6, 6.07) is 10.6. The Morgan fingerprint density at radius 2 is 1.95 bits per heavy atom. The molecule has 1 amide bonds. The number of anilines is 1. The van der Waals surface area contributed by atoms with Gasteiger partial charge in [-0.05, 0) is 42.8 Å². The van der Waals surface area contributed by atoms with Crippen LogP contribution in [0.15, 0.2) is 40.9 Å². The molecule has 0 bridgehead atoms. The van der Waals surface area contributed by atoms with Gasteiger partial charge in [0, 0.05) is 4.47 Å². The molecule has 0 saturated heterocycles. The highest BCUT2D eigenvalue weighted by molar-refractivity contribution is 9.10. The third-order valence-corrected chi connectivity index (χ3v) is 3.75. The number of ether oxygens (including phenoxy) is 1. The van der Waals surface area contributed by atoms with Crippen LogP contribution >= 0.6 is 39.1 Å². The van der Waals surface area contributed by atoms with E-state index in [9.17, 15) is 4.79 Å². The molecule has 6 heteroatoms. The lowest BCUT2D eigenvalue weighted by atomic mass is 10.2. The van der Waals surface area contributed by atoms with Gasteiger partial charge < -0.3 is 10.1 Å². The van der Waals surface area contributed by atoms with Gasteiger partial charge in [-0.1, -0.05) is 45.2 Å². The number of hydrogen-bond acceptors (Lipinski definition) is 2. The molecule has 110 valence electrons. The number of hydrogen-bond donors (Lipinski definition) is 1. The molecule has 21 heavy (non-hydrogen) atoms. The van der Waals surface area contributed by atoms with Gasteiger partial charge in [-0.25, -0.2) is 0 Å². The van der Waals surface area contributed by atoms with Crippen molar-refractivity contribution in [3.05, 3.63) is 56.5 Å². The quantitative estimate of drug-likeness (QED) is 0.792. The van der Waals surface area contributed by atoms with Crippen molar-refractivity contribution in [3.63, 3.8) is 0 Å². The molecule has 0 aromatic heterocycles. The molecule has 0 aliphatic rings. The fourth-order valence-electron chi connectivity index (χ4n) is 1.64. The fourth-order valence-corrected chi connectivity index (χ4v) is 2.65. The molecule has 0 atom stereocenters. The maximum Gasteiger partial charge on any atom is 0.262 e. The van der Waals surface area contributed by atoms with E-state index >= 15 is 0 Å². The average molecular weight is 389 g/mol. The molecule has 3 nitrogen and oxygen atoms in total. The number of benzene rings is 2. The number of rotatable bonds is 4. The molecule has 1 N–H and O–H groups in total. The fraction of sp³-hybridized carbons (Fsp3) is 0.133. The third-order valence-electron chi connectivity index (χ3n) is 2.65. The summed E-state index contributed by atoms with van der Waals surface area (Å²) >= 11 is 15.4. The Bertz CT molecular complexity index is 677. The lowest BCUT2D eigenvalue weighted by molar-refractivity contribution is -0.118. The number of nitrogens with one attached hydrogen (secondary N) is 1. The predicted octanol–water partition coefficient (Wildman–Crippen LogP) is 5.08. The van der Waals surface area contributed by atoms with E-state index in [1.54, 1.807) is 30.3 Å². The van der Waals surface area contributed by atoms with Crippen molar-refractivity contribution in [1.82, 2.24) is 0 Å². The van der Waals surface area contributed by atoms with Gasteiger partial charge in [0.15, 0.2) is 6.61 Å². The summed E-state index contributed by atoms with van der Waals surface area (Å²) < 4.78 is 6.22. The summed E-state index contributed by atoms with van der Waals surface area (Å²) in [7, 11) is 0. The molecule has 0 aliphatic carbocycles. The highest BCUT2D eigenvalue weighted by Crippen LogP contribution is 2.28. The molecule has 0 spiro atoms. The second-order valence-electron chi connectivity index (χ2n) is 4.39.